The molecule has 0 bridgehead atoms. The van der Waals surface area contributed by atoms with E-state index in [1.807, 2.05) is 54.6 Å². The molecule has 2 N–H and O–H groups in total. The highest BCUT2D eigenvalue weighted by molar-refractivity contribution is 8.66. The summed E-state index contributed by atoms with van der Waals surface area (Å²) in [4.78, 5) is 14.3. The van der Waals surface area contributed by atoms with Crippen molar-refractivity contribution >= 4 is 24.0 Å². The molecule has 1 aliphatic heterocycles. The summed E-state index contributed by atoms with van der Waals surface area (Å²) in [5, 5.41) is 2.76. The minimum absolute atomic E-state index is 0.317. The third-order valence-electron chi connectivity index (χ3n) is 5.38. The van der Waals surface area contributed by atoms with Gasteiger partial charge in [0.05, 0.1) is 12.3 Å². The van der Waals surface area contributed by atoms with Gasteiger partial charge in [-0.2, -0.15) is 13.1 Å². The Bertz CT molecular complexity index is 1170. The van der Waals surface area contributed by atoms with Gasteiger partial charge >= 0.3 is 15.1 Å². The van der Waals surface area contributed by atoms with E-state index in [1.54, 1.807) is 11.8 Å². The molecule has 1 heterocycles. The monoisotopic (exact) mass is 495 g/mol. The van der Waals surface area contributed by atoms with Crippen LogP contribution in [0.25, 0.3) is 0 Å². The zero-order valence-electron chi connectivity index (χ0n) is 18.6. The van der Waals surface area contributed by atoms with Crippen LogP contribution in [0, 0.1) is 0 Å². The van der Waals surface area contributed by atoms with Gasteiger partial charge in [0.2, 0.25) is 0 Å². The number of nitrogens with zero attached hydrogens (tertiary/aromatic N) is 1. The lowest BCUT2D eigenvalue weighted by Gasteiger charge is -2.41. The number of carbonyl (C=O) groups is 1. The van der Waals surface area contributed by atoms with Crippen LogP contribution in [0.5, 0.6) is 11.5 Å². The van der Waals surface area contributed by atoms with Gasteiger partial charge < -0.3 is 15.0 Å². The molecule has 9 nitrogen and oxygen atoms in total. The van der Waals surface area contributed by atoms with Crippen LogP contribution < -0.4 is 14.8 Å². The highest BCUT2D eigenvalue weighted by Gasteiger charge is 2.38. The molecule has 33 heavy (non-hydrogen) atoms. The van der Waals surface area contributed by atoms with Gasteiger partial charge in [0.25, 0.3) is 8.87 Å². The fraction of sp³-hybridized carbons (Fsp3) is 0.409. The number of nitrogens with one attached hydrogen (secondary N) is 2. The number of urea groups is 1. The van der Waals surface area contributed by atoms with Crippen molar-refractivity contribution in [3.63, 3.8) is 0 Å². The number of hydrogen-bond donors (Lipinski definition) is 2. The molecule has 180 valence electrons. The van der Waals surface area contributed by atoms with Gasteiger partial charge in [-0.25, -0.2) is 13.2 Å². The summed E-state index contributed by atoms with van der Waals surface area (Å²) in [5.74, 6) is 1.28. The molecule has 0 unspecified atom stereocenters. The number of piperidine rings is 1. The van der Waals surface area contributed by atoms with Crippen LogP contribution >= 0.6 is 0 Å². The van der Waals surface area contributed by atoms with Gasteiger partial charge in [-0.15, -0.1) is 0 Å². The molecule has 2 amide bonds. The number of likely N-dealkylation sites (tertiary alicyclic amines) is 1. The van der Waals surface area contributed by atoms with Crippen LogP contribution in [0.2, 0.25) is 0 Å². The minimum Gasteiger partial charge on any atom is -0.457 e. The van der Waals surface area contributed by atoms with Crippen molar-refractivity contribution < 1.29 is 26.4 Å². The largest absolute Gasteiger partial charge is 0.457 e. The Labute approximate surface area is 194 Å². The summed E-state index contributed by atoms with van der Waals surface area (Å²) in [6, 6.07) is 15.0. The lowest BCUT2D eigenvalue weighted by atomic mass is 9.91. The molecule has 0 radical (unpaired) electrons. The standard InChI is InChI=1S/C22H29N3O6S2/c1-3-23-22(26)25-14-8-13-20(24-33(29,30)32(2,27)28)21(25)16-17-9-7-12-19(15-17)31-18-10-5-4-6-11-18/h4-7,9-12,15,20-21,24H,3,8,13-14,16H2,1-2H3,(H,23,26)/t20-,21-/m0/s1. The zero-order valence-corrected chi connectivity index (χ0v) is 20.2. The van der Waals surface area contributed by atoms with Gasteiger partial charge in [0, 0.05) is 19.1 Å². The molecule has 3 rings (SSSR count). The van der Waals surface area contributed by atoms with Gasteiger partial charge in [0.1, 0.15) is 11.5 Å². The number of para-hydroxylation sites is 1. The van der Waals surface area contributed by atoms with Crippen molar-refractivity contribution in [3.05, 3.63) is 60.2 Å². The lowest BCUT2D eigenvalue weighted by Crippen LogP contribution is -2.60. The molecular formula is C22H29N3O6S2. The van der Waals surface area contributed by atoms with Crippen molar-refractivity contribution in [2.45, 2.75) is 38.3 Å². The number of hydrogen-bond acceptors (Lipinski definition) is 6. The molecule has 1 saturated heterocycles. The van der Waals surface area contributed by atoms with Crippen LogP contribution in [0.3, 0.4) is 0 Å². The Kier molecular flexibility index (Phi) is 7.98. The Balaban J connectivity index is 1.88. The quantitative estimate of drug-likeness (QED) is 0.543. The first-order valence-electron chi connectivity index (χ1n) is 10.7. The molecule has 0 spiro atoms. The molecule has 1 fully saturated rings. The molecule has 2 aromatic carbocycles. The molecule has 11 heteroatoms. The second kappa shape index (κ2) is 10.5. The Morgan fingerprint density at radius 1 is 1.06 bits per heavy atom. The highest BCUT2D eigenvalue weighted by atomic mass is 33.2. The summed E-state index contributed by atoms with van der Waals surface area (Å²) in [5.41, 5.74) is 0.827. The average Bonchev–Trinajstić information content (AvgIpc) is 2.75. The third kappa shape index (κ3) is 6.46. The average molecular weight is 496 g/mol. The number of carbonyl (C=O) groups excluding carboxylic acids is 1. The first-order chi connectivity index (χ1) is 15.6. The predicted octanol–water partition coefficient (Wildman–Crippen LogP) is 2.46. The smallest absolute Gasteiger partial charge is 0.317 e. The maximum Gasteiger partial charge on any atom is 0.317 e. The van der Waals surface area contributed by atoms with E-state index in [0.29, 0.717) is 50.1 Å². The molecule has 2 aromatic rings. The highest BCUT2D eigenvalue weighted by Crippen LogP contribution is 2.26. The van der Waals surface area contributed by atoms with E-state index in [4.69, 9.17) is 4.74 Å². The van der Waals surface area contributed by atoms with E-state index >= 15 is 0 Å². The van der Waals surface area contributed by atoms with Crippen molar-refractivity contribution in [3.8, 4) is 11.5 Å². The fourth-order valence-corrected chi connectivity index (χ4v) is 5.54. The first kappa shape index (κ1) is 25.0. The van der Waals surface area contributed by atoms with E-state index in [-0.39, 0.29) is 6.03 Å². The van der Waals surface area contributed by atoms with Crippen molar-refractivity contribution in [1.82, 2.24) is 14.9 Å². The molecule has 1 aliphatic rings. The van der Waals surface area contributed by atoms with Gasteiger partial charge in [-0.3, -0.25) is 0 Å². The summed E-state index contributed by atoms with van der Waals surface area (Å²) >= 11 is 0. The molecular weight excluding hydrogens is 466 g/mol. The van der Waals surface area contributed by atoms with Gasteiger partial charge in [-0.05, 0) is 56.0 Å². The first-order valence-corrected chi connectivity index (χ1v) is 14.6. The van der Waals surface area contributed by atoms with E-state index in [2.05, 4.69) is 10.0 Å². The van der Waals surface area contributed by atoms with E-state index < -0.39 is 30.0 Å². The van der Waals surface area contributed by atoms with Crippen LogP contribution in [0.1, 0.15) is 25.3 Å². The maximum absolute atomic E-state index is 12.7. The van der Waals surface area contributed by atoms with Gasteiger partial charge in [0.15, 0.2) is 0 Å². The van der Waals surface area contributed by atoms with Crippen molar-refractivity contribution in [2.75, 3.05) is 19.3 Å². The zero-order chi connectivity index (χ0) is 24.1. The van der Waals surface area contributed by atoms with Crippen LogP contribution in [0.4, 0.5) is 4.79 Å². The Morgan fingerprint density at radius 2 is 1.76 bits per heavy atom. The Hall–Kier alpha value is -2.63. The second-order valence-corrected chi connectivity index (χ2v) is 13.6. The SMILES string of the molecule is CCNC(=O)N1CCC[C@H](NS(=O)(=O)S(C)(=O)=O)[C@@H]1Cc1cccc(Oc2ccccc2)c1. The van der Waals surface area contributed by atoms with Crippen LogP contribution in [-0.4, -0.2) is 59.2 Å². The third-order valence-corrected chi connectivity index (χ3v) is 9.45. The van der Waals surface area contributed by atoms with E-state index in [1.165, 1.54) is 0 Å². The molecule has 2 atom stereocenters. The van der Waals surface area contributed by atoms with Crippen LogP contribution in [0.15, 0.2) is 54.6 Å². The van der Waals surface area contributed by atoms with Crippen LogP contribution in [-0.2, 0) is 24.3 Å². The maximum atomic E-state index is 12.7. The van der Waals surface area contributed by atoms with Crippen molar-refractivity contribution in [1.29, 1.82) is 0 Å². The fourth-order valence-electron chi connectivity index (χ4n) is 3.83. The molecule has 0 aliphatic carbocycles. The molecule has 0 aromatic heterocycles. The summed E-state index contributed by atoms with van der Waals surface area (Å²) in [6.07, 6.45) is 1.93. The predicted molar refractivity (Wildman–Crippen MR) is 126 cm³/mol. The lowest BCUT2D eigenvalue weighted by molar-refractivity contribution is 0.134. The number of rotatable bonds is 8. The number of benzene rings is 2. The van der Waals surface area contributed by atoms with Crippen molar-refractivity contribution in [2.24, 2.45) is 0 Å². The molecule has 0 saturated carbocycles. The second-order valence-electron chi connectivity index (χ2n) is 7.89. The van der Waals surface area contributed by atoms with E-state index in [0.717, 1.165) is 5.56 Å². The topological polar surface area (TPSA) is 122 Å². The summed E-state index contributed by atoms with van der Waals surface area (Å²) in [6.45, 7) is 2.65. The normalized spacial score (nSPS) is 19.2. The minimum atomic E-state index is -4.59. The number of amides is 2. The number of ether oxygens (including phenoxy) is 1. The summed E-state index contributed by atoms with van der Waals surface area (Å²) < 4.78 is 56.4. The van der Waals surface area contributed by atoms with E-state index in [9.17, 15) is 21.6 Å². The van der Waals surface area contributed by atoms with Gasteiger partial charge in [-0.1, -0.05) is 30.3 Å². The Morgan fingerprint density at radius 3 is 2.42 bits per heavy atom. The summed E-state index contributed by atoms with van der Waals surface area (Å²) in [7, 11) is -8.96.